The average molecular weight is 269 g/mol. The fourth-order valence-electron chi connectivity index (χ4n) is 2.20. The topological polar surface area (TPSA) is 58.5 Å². The Kier molecular flexibility index (Phi) is 3.28. The first-order valence-corrected chi connectivity index (χ1v) is 6.82. The third-order valence-corrected chi connectivity index (χ3v) is 3.34. The number of hydrogen-bond acceptors (Lipinski definition) is 3. The molecule has 0 radical (unpaired) electrons. The van der Waals surface area contributed by atoms with E-state index < -0.39 is 0 Å². The van der Waals surface area contributed by atoms with E-state index in [1.165, 1.54) is 0 Å². The first-order chi connectivity index (χ1) is 9.63. The highest BCUT2D eigenvalue weighted by Gasteiger charge is 2.06. The largest absolute Gasteiger partial charge is 0.341 e. The second kappa shape index (κ2) is 5.09. The molecule has 0 aliphatic carbocycles. The molecule has 0 atom stereocenters. The Balaban J connectivity index is 1.87. The summed E-state index contributed by atoms with van der Waals surface area (Å²) in [6.07, 6.45) is 3.71. The van der Waals surface area contributed by atoms with Crippen molar-refractivity contribution in [3.8, 4) is 11.3 Å². The lowest BCUT2D eigenvalue weighted by molar-refractivity contribution is 0.575. The van der Waals surface area contributed by atoms with Gasteiger partial charge in [-0.1, -0.05) is 19.9 Å². The quantitative estimate of drug-likeness (QED) is 0.765. The Bertz CT molecular complexity index is 723. The van der Waals surface area contributed by atoms with E-state index in [2.05, 4.69) is 52.3 Å². The van der Waals surface area contributed by atoms with Crippen LogP contribution in [0.4, 0.5) is 0 Å². The molecule has 0 bridgehead atoms. The van der Waals surface area contributed by atoms with Crippen LogP contribution in [0.5, 0.6) is 0 Å². The van der Waals surface area contributed by atoms with Crippen LogP contribution in [0.2, 0.25) is 0 Å². The summed E-state index contributed by atoms with van der Waals surface area (Å²) in [5.74, 6) is 0.954. The number of aromatic nitrogens is 4. The first kappa shape index (κ1) is 12.9. The van der Waals surface area contributed by atoms with Crippen molar-refractivity contribution in [2.45, 2.75) is 26.4 Å². The molecule has 0 spiro atoms. The molecule has 2 aromatic heterocycles. The molecule has 5 nitrogen and oxygen atoms in total. The van der Waals surface area contributed by atoms with Crippen molar-refractivity contribution < 1.29 is 0 Å². The van der Waals surface area contributed by atoms with Crippen LogP contribution < -0.4 is 5.32 Å². The Hall–Kier alpha value is -2.14. The van der Waals surface area contributed by atoms with Gasteiger partial charge in [-0.2, -0.15) is 0 Å². The van der Waals surface area contributed by atoms with E-state index in [9.17, 15) is 0 Å². The summed E-state index contributed by atoms with van der Waals surface area (Å²) in [5, 5.41) is 3.35. The second-order valence-electron chi connectivity index (χ2n) is 5.34. The Morgan fingerprint density at radius 3 is 2.95 bits per heavy atom. The molecule has 0 fully saturated rings. The summed E-state index contributed by atoms with van der Waals surface area (Å²) in [7, 11) is 2.00. The van der Waals surface area contributed by atoms with Crippen LogP contribution in [-0.2, 0) is 13.6 Å². The minimum Gasteiger partial charge on any atom is -0.341 e. The van der Waals surface area contributed by atoms with Crippen LogP contribution in [0.3, 0.4) is 0 Å². The van der Waals surface area contributed by atoms with Crippen LogP contribution in [0.25, 0.3) is 22.3 Å². The molecule has 1 aromatic carbocycles. The van der Waals surface area contributed by atoms with Gasteiger partial charge in [-0.3, -0.25) is 0 Å². The molecule has 2 heterocycles. The number of nitrogens with zero attached hydrogens (tertiary/aromatic N) is 3. The van der Waals surface area contributed by atoms with Gasteiger partial charge in [0.05, 0.1) is 35.8 Å². The van der Waals surface area contributed by atoms with E-state index in [-0.39, 0.29) is 0 Å². The summed E-state index contributed by atoms with van der Waals surface area (Å²) in [6.45, 7) is 5.00. The molecule has 0 saturated carbocycles. The van der Waals surface area contributed by atoms with Gasteiger partial charge < -0.3 is 14.9 Å². The molecule has 104 valence electrons. The molecule has 0 aliphatic rings. The molecule has 20 heavy (non-hydrogen) atoms. The van der Waals surface area contributed by atoms with Crippen molar-refractivity contribution in [3.05, 3.63) is 36.5 Å². The number of nitrogens with one attached hydrogen (secondary N) is 2. The van der Waals surface area contributed by atoms with E-state index in [1.54, 1.807) is 0 Å². The molecule has 0 aliphatic heterocycles. The number of aromatic amines is 1. The predicted molar refractivity (Wildman–Crippen MR) is 80.3 cm³/mol. The Labute approximate surface area is 118 Å². The molecule has 2 N–H and O–H groups in total. The van der Waals surface area contributed by atoms with Crippen LogP contribution in [0.1, 0.15) is 19.7 Å². The lowest BCUT2D eigenvalue weighted by Gasteiger charge is -2.05. The van der Waals surface area contributed by atoms with Crippen LogP contribution in [0.15, 0.2) is 30.7 Å². The minimum absolute atomic E-state index is 0.452. The van der Waals surface area contributed by atoms with Crippen LogP contribution >= 0.6 is 0 Å². The van der Waals surface area contributed by atoms with Crippen molar-refractivity contribution in [1.29, 1.82) is 0 Å². The standard InChI is InChI=1S/C15H19N5/c1-10(2)16-8-15-17-7-13(19-15)11-4-5-14-12(6-11)18-9-20(14)3/h4-7,9-10,16H,8H2,1-3H3,(H,17,19). The Morgan fingerprint density at radius 2 is 2.15 bits per heavy atom. The van der Waals surface area contributed by atoms with E-state index >= 15 is 0 Å². The molecular formula is C15H19N5. The lowest BCUT2D eigenvalue weighted by Crippen LogP contribution is -2.22. The summed E-state index contributed by atoms with van der Waals surface area (Å²) < 4.78 is 2.02. The van der Waals surface area contributed by atoms with E-state index in [1.807, 2.05) is 24.1 Å². The fourth-order valence-corrected chi connectivity index (χ4v) is 2.20. The van der Waals surface area contributed by atoms with Crippen molar-refractivity contribution >= 4 is 11.0 Å². The van der Waals surface area contributed by atoms with Gasteiger partial charge in [0.1, 0.15) is 5.82 Å². The third-order valence-electron chi connectivity index (χ3n) is 3.34. The SMILES string of the molecule is CC(C)NCc1ncc(-c2ccc3c(c2)ncn3C)[nH]1. The van der Waals surface area contributed by atoms with E-state index in [0.717, 1.165) is 34.7 Å². The first-order valence-electron chi connectivity index (χ1n) is 6.82. The van der Waals surface area contributed by atoms with Crippen LogP contribution in [-0.4, -0.2) is 25.6 Å². The highest BCUT2D eigenvalue weighted by molar-refractivity contribution is 5.81. The minimum atomic E-state index is 0.452. The normalized spacial score (nSPS) is 11.6. The Morgan fingerprint density at radius 1 is 1.30 bits per heavy atom. The highest BCUT2D eigenvalue weighted by Crippen LogP contribution is 2.22. The maximum atomic E-state index is 4.41. The zero-order valence-electron chi connectivity index (χ0n) is 12.0. The smallest absolute Gasteiger partial charge is 0.120 e. The zero-order chi connectivity index (χ0) is 14.1. The number of aryl methyl sites for hydroxylation is 1. The average Bonchev–Trinajstić information content (AvgIpc) is 3.04. The molecule has 0 unspecified atom stereocenters. The number of imidazole rings is 2. The maximum Gasteiger partial charge on any atom is 0.120 e. The van der Waals surface area contributed by atoms with Gasteiger partial charge in [0.25, 0.3) is 0 Å². The molecule has 0 amide bonds. The van der Waals surface area contributed by atoms with Gasteiger partial charge in [-0.05, 0) is 12.1 Å². The van der Waals surface area contributed by atoms with E-state index in [4.69, 9.17) is 0 Å². The van der Waals surface area contributed by atoms with E-state index in [0.29, 0.717) is 6.04 Å². The monoisotopic (exact) mass is 269 g/mol. The van der Waals surface area contributed by atoms with Gasteiger partial charge >= 0.3 is 0 Å². The molecule has 5 heteroatoms. The number of H-pyrrole nitrogens is 1. The van der Waals surface area contributed by atoms with Gasteiger partial charge in [0.15, 0.2) is 0 Å². The van der Waals surface area contributed by atoms with Crippen molar-refractivity contribution in [2.24, 2.45) is 7.05 Å². The van der Waals surface area contributed by atoms with Gasteiger partial charge in [0, 0.05) is 18.7 Å². The molecule has 3 aromatic rings. The number of fused-ring (bicyclic) bond motifs is 1. The summed E-state index contributed by atoms with van der Waals surface area (Å²) in [6, 6.07) is 6.72. The fraction of sp³-hybridized carbons (Fsp3) is 0.333. The highest BCUT2D eigenvalue weighted by atomic mass is 15.0. The summed E-state index contributed by atoms with van der Waals surface area (Å²) in [4.78, 5) is 12.1. The van der Waals surface area contributed by atoms with Crippen molar-refractivity contribution in [1.82, 2.24) is 24.8 Å². The molecule has 3 rings (SSSR count). The maximum absolute atomic E-state index is 4.41. The van der Waals surface area contributed by atoms with Crippen LogP contribution in [0, 0.1) is 0 Å². The molecule has 0 saturated heterocycles. The third kappa shape index (κ3) is 2.44. The van der Waals surface area contributed by atoms with Gasteiger partial charge in [-0.15, -0.1) is 0 Å². The number of rotatable bonds is 4. The predicted octanol–water partition coefficient (Wildman–Crippen LogP) is 2.46. The van der Waals surface area contributed by atoms with Crippen molar-refractivity contribution in [2.75, 3.05) is 0 Å². The lowest BCUT2D eigenvalue weighted by atomic mass is 10.1. The zero-order valence-corrected chi connectivity index (χ0v) is 12.0. The summed E-state index contributed by atoms with van der Waals surface area (Å²) >= 11 is 0. The van der Waals surface area contributed by atoms with Gasteiger partial charge in [-0.25, -0.2) is 9.97 Å². The number of benzene rings is 1. The second-order valence-corrected chi connectivity index (χ2v) is 5.34. The number of hydrogen-bond donors (Lipinski definition) is 2. The summed E-state index contributed by atoms with van der Waals surface area (Å²) in [5.41, 5.74) is 4.27. The van der Waals surface area contributed by atoms with Gasteiger partial charge in [0.2, 0.25) is 0 Å². The van der Waals surface area contributed by atoms with Crippen molar-refractivity contribution in [3.63, 3.8) is 0 Å². The molecular weight excluding hydrogens is 250 g/mol.